The van der Waals surface area contributed by atoms with E-state index in [1.165, 1.54) is 13.2 Å². The molecule has 144 valence electrons. The van der Waals surface area contributed by atoms with Crippen LogP contribution in [0.4, 0.5) is 17.1 Å². The van der Waals surface area contributed by atoms with Crippen LogP contribution in [0, 0.1) is 6.92 Å². The molecule has 0 atom stereocenters. The van der Waals surface area contributed by atoms with Gasteiger partial charge in [0.05, 0.1) is 35.2 Å². The predicted molar refractivity (Wildman–Crippen MR) is 110 cm³/mol. The maximum absolute atomic E-state index is 13.3. The Hall–Kier alpha value is -3.93. The lowest BCUT2D eigenvalue weighted by atomic mass is 9.81. The second kappa shape index (κ2) is 6.91. The van der Waals surface area contributed by atoms with Crippen molar-refractivity contribution in [2.45, 2.75) is 6.92 Å². The van der Waals surface area contributed by atoms with Crippen LogP contribution < -0.4 is 11.1 Å². The molecular weight excluding hydrogens is 368 g/mol. The number of esters is 1. The Balaban J connectivity index is 1.98. The van der Waals surface area contributed by atoms with Crippen molar-refractivity contribution in [3.05, 3.63) is 88.0 Å². The van der Waals surface area contributed by atoms with E-state index in [0.29, 0.717) is 16.9 Å². The van der Waals surface area contributed by atoms with E-state index in [-0.39, 0.29) is 33.7 Å². The number of ketones is 2. The quantitative estimate of drug-likeness (QED) is 0.409. The van der Waals surface area contributed by atoms with Crippen molar-refractivity contribution in [2.24, 2.45) is 0 Å². The van der Waals surface area contributed by atoms with Gasteiger partial charge in [-0.3, -0.25) is 9.59 Å². The third kappa shape index (κ3) is 2.95. The Morgan fingerprint density at radius 3 is 2.10 bits per heavy atom. The van der Waals surface area contributed by atoms with Crippen LogP contribution >= 0.6 is 0 Å². The first-order valence-electron chi connectivity index (χ1n) is 8.99. The van der Waals surface area contributed by atoms with Gasteiger partial charge in [0.2, 0.25) is 0 Å². The van der Waals surface area contributed by atoms with E-state index in [4.69, 9.17) is 10.5 Å². The molecule has 0 aliphatic heterocycles. The van der Waals surface area contributed by atoms with Crippen molar-refractivity contribution >= 4 is 34.6 Å². The van der Waals surface area contributed by atoms with E-state index in [2.05, 4.69) is 5.32 Å². The SMILES string of the molecule is COC(=O)c1cc(Nc2ccc(C)cc2)c2c(c1N)C(=O)c1ccccc1C2=O. The molecule has 6 nitrogen and oxygen atoms in total. The zero-order valence-electron chi connectivity index (χ0n) is 15.9. The summed E-state index contributed by atoms with van der Waals surface area (Å²) in [4.78, 5) is 38.7. The number of benzene rings is 3. The highest BCUT2D eigenvalue weighted by molar-refractivity contribution is 6.32. The van der Waals surface area contributed by atoms with E-state index < -0.39 is 11.8 Å². The Morgan fingerprint density at radius 2 is 1.52 bits per heavy atom. The van der Waals surface area contributed by atoms with Crippen molar-refractivity contribution in [3.8, 4) is 0 Å². The third-order valence-corrected chi connectivity index (χ3v) is 4.97. The molecule has 29 heavy (non-hydrogen) atoms. The van der Waals surface area contributed by atoms with Crippen LogP contribution in [0.3, 0.4) is 0 Å². The van der Waals surface area contributed by atoms with Gasteiger partial charge in [0, 0.05) is 16.8 Å². The van der Waals surface area contributed by atoms with Gasteiger partial charge in [0.1, 0.15) is 0 Å². The lowest BCUT2D eigenvalue weighted by molar-refractivity contribution is 0.0601. The molecule has 0 saturated carbocycles. The molecule has 0 unspecified atom stereocenters. The van der Waals surface area contributed by atoms with Gasteiger partial charge in [0.25, 0.3) is 0 Å². The van der Waals surface area contributed by atoms with Crippen molar-refractivity contribution in [2.75, 3.05) is 18.2 Å². The molecule has 3 aromatic carbocycles. The predicted octanol–water partition coefficient (Wildman–Crippen LogP) is 3.88. The average molecular weight is 386 g/mol. The second-order valence-corrected chi connectivity index (χ2v) is 6.82. The minimum absolute atomic E-state index is 0.0196. The molecule has 1 aliphatic carbocycles. The summed E-state index contributed by atoms with van der Waals surface area (Å²) in [6.07, 6.45) is 0. The number of rotatable bonds is 3. The van der Waals surface area contributed by atoms with Crippen LogP contribution in [-0.2, 0) is 4.74 Å². The summed E-state index contributed by atoms with van der Waals surface area (Å²) in [5.74, 6) is -1.41. The monoisotopic (exact) mass is 386 g/mol. The molecule has 0 bridgehead atoms. The maximum atomic E-state index is 13.3. The van der Waals surface area contributed by atoms with Gasteiger partial charge in [-0.05, 0) is 25.1 Å². The van der Waals surface area contributed by atoms with Crippen molar-refractivity contribution in [1.82, 2.24) is 0 Å². The second-order valence-electron chi connectivity index (χ2n) is 6.82. The van der Waals surface area contributed by atoms with Gasteiger partial charge in [-0.25, -0.2) is 4.79 Å². The Kier molecular flexibility index (Phi) is 4.39. The molecule has 0 radical (unpaired) electrons. The lowest BCUT2D eigenvalue weighted by Crippen LogP contribution is -2.25. The number of nitrogens with one attached hydrogen (secondary N) is 1. The molecule has 0 spiro atoms. The average Bonchev–Trinajstić information content (AvgIpc) is 2.74. The van der Waals surface area contributed by atoms with Crippen molar-refractivity contribution in [3.63, 3.8) is 0 Å². The van der Waals surface area contributed by atoms with Gasteiger partial charge >= 0.3 is 5.97 Å². The standard InChI is InChI=1S/C23H18N2O4/c1-12-7-9-13(10-8-12)25-17-11-16(23(28)29-2)20(24)19-18(17)21(26)14-5-3-4-6-15(14)22(19)27/h3-11,25H,24H2,1-2H3. The Labute approximate surface area is 167 Å². The summed E-state index contributed by atoms with van der Waals surface area (Å²) in [7, 11) is 1.23. The first-order chi connectivity index (χ1) is 13.9. The molecule has 0 saturated heterocycles. The van der Waals surface area contributed by atoms with E-state index in [1.807, 2.05) is 31.2 Å². The van der Waals surface area contributed by atoms with Crippen LogP contribution in [0.15, 0.2) is 54.6 Å². The number of carbonyl (C=O) groups excluding carboxylic acids is 3. The van der Waals surface area contributed by atoms with Crippen LogP contribution in [0.1, 0.15) is 47.8 Å². The smallest absolute Gasteiger partial charge is 0.340 e. The van der Waals surface area contributed by atoms with Crippen LogP contribution in [0.25, 0.3) is 0 Å². The number of carbonyl (C=O) groups is 3. The number of ether oxygens (including phenoxy) is 1. The first kappa shape index (κ1) is 18.4. The minimum atomic E-state index is -0.684. The van der Waals surface area contributed by atoms with Gasteiger partial charge in [-0.15, -0.1) is 0 Å². The first-order valence-corrected chi connectivity index (χ1v) is 8.99. The Bertz CT molecular complexity index is 1180. The van der Waals surface area contributed by atoms with Crippen LogP contribution in [0.5, 0.6) is 0 Å². The van der Waals surface area contributed by atoms with Gasteiger partial charge in [0.15, 0.2) is 11.6 Å². The minimum Gasteiger partial charge on any atom is -0.465 e. The molecule has 6 heteroatoms. The molecule has 1 aliphatic rings. The summed E-state index contributed by atoms with van der Waals surface area (Å²) in [5, 5.41) is 3.15. The zero-order chi connectivity index (χ0) is 20.7. The summed E-state index contributed by atoms with van der Waals surface area (Å²) >= 11 is 0. The molecule has 0 aromatic heterocycles. The van der Waals surface area contributed by atoms with E-state index >= 15 is 0 Å². The largest absolute Gasteiger partial charge is 0.465 e. The van der Waals surface area contributed by atoms with E-state index in [0.717, 1.165) is 5.56 Å². The molecule has 0 amide bonds. The topological polar surface area (TPSA) is 98.5 Å². The summed E-state index contributed by atoms with van der Waals surface area (Å²) < 4.78 is 4.82. The number of nitrogens with two attached hydrogens (primary N) is 1. The molecule has 0 fully saturated rings. The summed E-state index contributed by atoms with van der Waals surface area (Å²) in [5.41, 5.74) is 8.99. The lowest BCUT2D eigenvalue weighted by Gasteiger charge is -2.23. The number of fused-ring (bicyclic) bond motifs is 2. The molecular formula is C23H18N2O4. The highest BCUT2D eigenvalue weighted by Crippen LogP contribution is 2.38. The highest BCUT2D eigenvalue weighted by Gasteiger charge is 2.35. The number of hydrogen-bond donors (Lipinski definition) is 2. The fraction of sp³-hybridized carbons (Fsp3) is 0.0870. The number of hydrogen-bond acceptors (Lipinski definition) is 6. The number of aryl methyl sites for hydroxylation is 1. The number of methoxy groups -OCH3 is 1. The zero-order valence-corrected chi connectivity index (χ0v) is 15.9. The van der Waals surface area contributed by atoms with Gasteiger partial charge in [-0.2, -0.15) is 0 Å². The van der Waals surface area contributed by atoms with Gasteiger partial charge in [-0.1, -0.05) is 42.0 Å². The number of nitrogen functional groups attached to an aromatic ring is 1. The summed E-state index contributed by atoms with van der Waals surface area (Å²) in [6, 6.07) is 15.5. The molecule has 3 aromatic rings. The van der Waals surface area contributed by atoms with E-state index in [1.54, 1.807) is 24.3 Å². The van der Waals surface area contributed by atoms with E-state index in [9.17, 15) is 14.4 Å². The van der Waals surface area contributed by atoms with Crippen LogP contribution in [0.2, 0.25) is 0 Å². The number of anilines is 3. The fourth-order valence-corrected chi connectivity index (χ4v) is 3.49. The van der Waals surface area contributed by atoms with Crippen molar-refractivity contribution < 1.29 is 19.1 Å². The maximum Gasteiger partial charge on any atom is 0.340 e. The fourth-order valence-electron chi connectivity index (χ4n) is 3.49. The Morgan fingerprint density at radius 1 is 0.931 bits per heavy atom. The normalized spacial score (nSPS) is 12.2. The van der Waals surface area contributed by atoms with Crippen molar-refractivity contribution in [1.29, 1.82) is 0 Å². The molecule has 0 heterocycles. The summed E-state index contributed by atoms with van der Waals surface area (Å²) in [6.45, 7) is 1.96. The molecule has 4 rings (SSSR count). The van der Waals surface area contributed by atoms with Gasteiger partial charge < -0.3 is 15.8 Å². The van der Waals surface area contributed by atoms with Crippen LogP contribution in [-0.4, -0.2) is 24.6 Å². The molecule has 3 N–H and O–H groups in total. The highest BCUT2D eigenvalue weighted by atomic mass is 16.5. The third-order valence-electron chi connectivity index (χ3n) is 4.97.